The number of imide groups is 1. The molecule has 1 aromatic carbocycles. The molecular weight excluding hydrogens is 318 g/mol. The summed E-state index contributed by atoms with van der Waals surface area (Å²) in [5, 5.41) is 2.45. The quantitative estimate of drug-likeness (QED) is 0.772. The number of imidazole rings is 1. The van der Waals surface area contributed by atoms with Crippen molar-refractivity contribution in [3.05, 3.63) is 54.7 Å². The molecule has 0 bridgehead atoms. The molecule has 7 heteroatoms. The molecule has 0 radical (unpaired) electrons. The van der Waals surface area contributed by atoms with Crippen LogP contribution in [0.1, 0.15) is 36.7 Å². The summed E-state index contributed by atoms with van der Waals surface area (Å²) in [5.41, 5.74) is 1.81. The van der Waals surface area contributed by atoms with Gasteiger partial charge in [-0.15, -0.1) is 0 Å². The highest BCUT2D eigenvalue weighted by Crippen LogP contribution is 2.25. The Morgan fingerprint density at radius 3 is 2.64 bits per heavy atom. The normalized spacial score (nSPS) is 12.3. The molecule has 0 saturated carbocycles. The van der Waals surface area contributed by atoms with Gasteiger partial charge >= 0.3 is 0 Å². The minimum Gasteiger partial charge on any atom is -0.311 e. The number of fused-ring (bicyclic) bond motifs is 1. The summed E-state index contributed by atoms with van der Waals surface area (Å²) in [7, 11) is 0. The third-order valence-corrected chi connectivity index (χ3v) is 4.05. The summed E-state index contributed by atoms with van der Waals surface area (Å²) in [5.74, 6) is -0.570. The lowest BCUT2D eigenvalue weighted by molar-refractivity contribution is -0.121. The van der Waals surface area contributed by atoms with E-state index < -0.39 is 5.91 Å². The third kappa shape index (κ3) is 3.71. The molecule has 2 heterocycles. The van der Waals surface area contributed by atoms with Crippen LogP contribution in [0.25, 0.3) is 11.2 Å². The molecule has 2 aromatic heterocycles. The molecule has 0 fully saturated rings. The Kier molecular flexibility index (Phi) is 4.83. The molecule has 0 spiro atoms. The average molecular weight is 337 g/mol. The zero-order valence-electron chi connectivity index (χ0n) is 14.1. The minimum absolute atomic E-state index is 0.157. The van der Waals surface area contributed by atoms with E-state index in [1.807, 2.05) is 24.5 Å². The topological polar surface area (TPSA) is 89.8 Å². The fraction of sp³-hybridized carbons (Fsp3) is 0.278. The van der Waals surface area contributed by atoms with Crippen molar-refractivity contribution >= 4 is 23.0 Å². The Balaban J connectivity index is 1.76. The highest BCUT2D eigenvalue weighted by molar-refractivity contribution is 6.04. The summed E-state index contributed by atoms with van der Waals surface area (Å²) < 4.78 is 1.87. The van der Waals surface area contributed by atoms with Crippen LogP contribution in [0, 0.1) is 5.92 Å². The lowest BCUT2D eigenvalue weighted by atomic mass is 10.00. The first kappa shape index (κ1) is 16.8. The minimum atomic E-state index is -0.397. The highest BCUT2D eigenvalue weighted by Gasteiger charge is 2.23. The van der Waals surface area contributed by atoms with Gasteiger partial charge in [-0.2, -0.15) is 0 Å². The molecule has 0 aliphatic rings. The zero-order valence-corrected chi connectivity index (χ0v) is 14.1. The second-order valence-corrected chi connectivity index (χ2v) is 6.14. The number of rotatable bonds is 5. The Hall–Kier alpha value is -3.09. The number of hydrogen-bond acceptors (Lipinski definition) is 5. The van der Waals surface area contributed by atoms with Crippen LogP contribution in [0.3, 0.4) is 0 Å². The van der Waals surface area contributed by atoms with Gasteiger partial charge in [0.1, 0.15) is 11.8 Å². The van der Waals surface area contributed by atoms with E-state index in [0.29, 0.717) is 16.7 Å². The Morgan fingerprint density at radius 1 is 1.16 bits per heavy atom. The largest absolute Gasteiger partial charge is 0.311 e. The fourth-order valence-electron chi connectivity index (χ4n) is 2.71. The molecule has 128 valence electrons. The van der Waals surface area contributed by atoms with Gasteiger partial charge in [0, 0.05) is 18.0 Å². The maximum atomic E-state index is 12.4. The molecule has 2 amide bonds. The molecule has 0 aliphatic carbocycles. The molecule has 0 aliphatic heterocycles. The van der Waals surface area contributed by atoms with Crippen molar-refractivity contribution in [1.82, 2.24) is 24.8 Å². The van der Waals surface area contributed by atoms with Crippen LogP contribution >= 0.6 is 0 Å². The van der Waals surface area contributed by atoms with Crippen molar-refractivity contribution in [1.29, 1.82) is 0 Å². The first-order chi connectivity index (χ1) is 12.1. The van der Waals surface area contributed by atoms with Crippen LogP contribution in [0.2, 0.25) is 0 Å². The van der Waals surface area contributed by atoms with E-state index in [2.05, 4.69) is 20.3 Å². The maximum Gasteiger partial charge on any atom is 0.257 e. The van der Waals surface area contributed by atoms with Crippen LogP contribution in [-0.4, -0.2) is 31.3 Å². The average Bonchev–Trinajstić information content (AvgIpc) is 3.04. The maximum absolute atomic E-state index is 12.4. The molecule has 0 saturated heterocycles. The molecule has 1 unspecified atom stereocenters. The van der Waals surface area contributed by atoms with Gasteiger partial charge in [0.15, 0.2) is 5.65 Å². The Labute approximate surface area is 145 Å². The van der Waals surface area contributed by atoms with Crippen molar-refractivity contribution in [2.24, 2.45) is 5.92 Å². The van der Waals surface area contributed by atoms with Crippen LogP contribution in [0.5, 0.6) is 0 Å². The first-order valence-corrected chi connectivity index (χ1v) is 8.08. The lowest BCUT2D eigenvalue weighted by Gasteiger charge is -2.22. The van der Waals surface area contributed by atoms with Gasteiger partial charge in [0.2, 0.25) is 5.91 Å². The van der Waals surface area contributed by atoms with Gasteiger partial charge in [0.05, 0.1) is 12.5 Å². The van der Waals surface area contributed by atoms with Gasteiger partial charge < -0.3 is 4.57 Å². The van der Waals surface area contributed by atoms with E-state index in [0.717, 1.165) is 0 Å². The molecule has 7 nitrogen and oxygen atoms in total. The third-order valence-electron chi connectivity index (χ3n) is 4.05. The predicted octanol–water partition coefficient (Wildman–Crippen LogP) is 2.37. The number of hydrogen-bond donors (Lipinski definition) is 1. The Bertz CT molecular complexity index is 889. The van der Waals surface area contributed by atoms with Crippen molar-refractivity contribution < 1.29 is 9.59 Å². The van der Waals surface area contributed by atoms with Crippen LogP contribution in [-0.2, 0) is 4.79 Å². The van der Waals surface area contributed by atoms with Crippen molar-refractivity contribution in [3.63, 3.8) is 0 Å². The van der Waals surface area contributed by atoms with E-state index in [9.17, 15) is 9.59 Å². The number of benzene rings is 1. The van der Waals surface area contributed by atoms with Crippen LogP contribution in [0.4, 0.5) is 0 Å². The molecule has 3 aromatic rings. The van der Waals surface area contributed by atoms with Crippen molar-refractivity contribution in [3.8, 4) is 0 Å². The lowest BCUT2D eigenvalue weighted by Crippen LogP contribution is -2.33. The number of carbonyl (C=O) groups is 2. The Morgan fingerprint density at radius 2 is 1.92 bits per heavy atom. The van der Waals surface area contributed by atoms with E-state index in [1.165, 1.54) is 6.33 Å². The van der Waals surface area contributed by atoms with Crippen LogP contribution < -0.4 is 5.32 Å². The van der Waals surface area contributed by atoms with Crippen molar-refractivity contribution in [2.75, 3.05) is 0 Å². The summed E-state index contributed by atoms with van der Waals surface area (Å²) in [6, 6.07) is 8.51. The molecule has 25 heavy (non-hydrogen) atoms. The second kappa shape index (κ2) is 7.21. The number of amides is 2. The van der Waals surface area contributed by atoms with E-state index in [-0.39, 0.29) is 24.3 Å². The van der Waals surface area contributed by atoms with Gasteiger partial charge in [0.25, 0.3) is 5.91 Å². The van der Waals surface area contributed by atoms with Gasteiger partial charge in [-0.05, 0) is 18.1 Å². The van der Waals surface area contributed by atoms with Crippen molar-refractivity contribution in [2.45, 2.75) is 26.3 Å². The van der Waals surface area contributed by atoms with Crippen LogP contribution in [0.15, 0.2) is 49.2 Å². The van der Waals surface area contributed by atoms with E-state index >= 15 is 0 Å². The predicted molar refractivity (Wildman–Crippen MR) is 92.7 cm³/mol. The molecular formula is C18H19N5O2. The number of aromatic nitrogens is 4. The summed E-state index contributed by atoms with van der Waals surface area (Å²) in [6.45, 7) is 4.04. The standard InChI is InChI=1S/C18H19N5O2/c1-12(2)15(23-11-21-14-9-19-10-20-17(14)23)8-16(24)22-18(25)13-6-4-3-5-7-13/h3-7,9-12,15H,8H2,1-2H3,(H,22,24,25). The van der Waals surface area contributed by atoms with E-state index in [1.54, 1.807) is 36.8 Å². The molecule has 1 N–H and O–H groups in total. The van der Waals surface area contributed by atoms with E-state index in [4.69, 9.17) is 0 Å². The van der Waals surface area contributed by atoms with Gasteiger partial charge in [-0.25, -0.2) is 15.0 Å². The monoisotopic (exact) mass is 337 g/mol. The molecule has 1 atom stereocenters. The van der Waals surface area contributed by atoms with Gasteiger partial charge in [-0.1, -0.05) is 32.0 Å². The van der Waals surface area contributed by atoms with Gasteiger partial charge in [-0.3, -0.25) is 14.9 Å². The molecule has 3 rings (SSSR count). The second-order valence-electron chi connectivity index (χ2n) is 6.14. The first-order valence-electron chi connectivity index (χ1n) is 8.08. The zero-order chi connectivity index (χ0) is 17.8. The number of nitrogens with one attached hydrogen (secondary N) is 1. The summed E-state index contributed by atoms with van der Waals surface area (Å²) in [6.07, 6.45) is 4.91. The SMILES string of the molecule is CC(C)C(CC(=O)NC(=O)c1ccccc1)n1cnc2cncnc21. The number of carbonyl (C=O) groups excluding carboxylic acids is 2. The highest BCUT2D eigenvalue weighted by atomic mass is 16.2. The number of nitrogens with zero attached hydrogens (tertiary/aromatic N) is 4. The summed E-state index contributed by atoms with van der Waals surface area (Å²) >= 11 is 0. The fourth-order valence-corrected chi connectivity index (χ4v) is 2.71. The summed E-state index contributed by atoms with van der Waals surface area (Å²) in [4.78, 5) is 37.0. The smallest absolute Gasteiger partial charge is 0.257 e.